The van der Waals surface area contributed by atoms with Gasteiger partial charge >= 0.3 is 0 Å². The first-order chi connectivity index (χ1) is 12.7. The summed E-state index contributed by atoms with van der Waals surface area (Å²) in [5.41, 5.74) is 4.09. The van der Waals surface area contributed by atoms with E-state index in [1.54, 1.807) is 25.6 Å². The van der Waals surface area contributed by atoms with E-state index in [1.165, 1.54) is 10.4 Å². The van der Waals surface area contributed by atoms with E-state index < -0.39 is 0 Å². The van der Waals surface area contributed by atoms with Gasteiger partial charge in [0.2, 0.25) is 5.91 Å². The number of hydrogen-bond acceptors (Lipinski definition) is 4. The lowest BCUT2D eigenvalue weighted by Gasteiger charge is -2.24. The molecule has 0 radical (unpaired) electrons. The van der Waals surface area contributed by atoms with Crippen LogP contribution in [0.3, 0.4) is 0 Å². The topological polar surface area (TPSA) is 47.6 Å². The first-order valence-electron chi connectivity index (χ1n) is 8.40. The van der Waals surface area contributed by atoms with Crippen LogP contribution in [0.1, 0.15) is 22.8 Å². The molecule has 0 bridgehead atoms. The monoisotopic (exact) mass is 365 g/mol. The third kappa shape index (κ3) is 2.84. The summed E-state index contributed by atoms with van der Waals surface area (Å²) < 4.78 is 10.7. The lowest BCUT2D eigenvalue weighted by atomic mass is 9.89. The van der Waals surface area contributed by atoms with E-state index in [0.29, 0.717) is 17.9 Å². The molecule has 0 saturated carbocycles. The van der Waals surface area contributed by atoms with Crippen molar-refractivity contribution in [3.63, 3.8) is 0 Å². The number of thiophene rings is 1. The highest BCUT2D eigenvalue weighted by atomic mass is 32.1. The molecule has 132 valence electrons. The zero-order valence-corrected chi connectivity index (χ0v) is 15.4. The fraction of sp³-hybridized carbons (Fsp3) is 0.190. The van der Waals surface area contributed by atoms with Gasteiger partial charge in [0.1, 0.15) is 0 Å². The SMILES string of the molecule is COc1ccc(-c2csc3c2NC(=O)CC3c2ccccc2)cc1OC. The molecule has 0 aliphatic carbocycles. The van der Waals surface area contributed by atoms with Gasteiger partial charge in [0.25, 0.3) is 0 Å². The summed E-state index contributed by atoms with van der Waals surface area (Å²) in [5.74, 6) is 1.50. The van der Waals surface area contributed by atoms with E-state index in [4.69, 9.17) is 9.47 Å². The maximum absolute atomic E-state index is 12.4. The summed E-state index contributed by atoms with van der Waals surface area (Å²) in [6, 6.07) is 16.0. The van der Waals surface area contributed by atoms with Crippen LogP contribution in [0.2, 0.25) is 0 Å². The van der Waals surface area contributed by atoms with Crippen molar-refractivity contribution in [2.75, 3.05) is 19.5 Å². The first kappa shape index (κ1) is 16.7. The number of anilines is 1. The van der Waals surface area contributed by atoms with Crippen molar-refractivity contribution in [2.45, 2.75) is 12.3 Å². The van der Waals surface area contributed by atoms with Crippen LogP contribution in [-0.2, 0) is 4.79 Å². The van der Waals surface area contributed by atoms with E-state index >= 15 is 0 Å². The number of amides is 1. The van der Waals surface area contributed by atoms with Gasteiger partial charge in [-0.1, -0.05) is 36.4 Å². The Morgan fingerprint density at radius 1 is 1.04 bits per heavy atom. The molecule has 2 heterocycles. The molecule has 2 aromatic carbocycles. The first-order valence-corrected chi connectivity index (χ1v) is 9.27. The molecule has 1 atom stereocenters. The molecule has 1 unspecified atom stereocenters. The second kappa shape index (κ2) is 6.84. The number of methoxy groups -OCH3 is 2. The fourth-order valence-electron chi connectivity index (χ4n) is 3.40. The maximum atomic E-state index is 12.4. The highest BCUT2D eigenvalue weighted by molar-refractivity contribution is 7.11. The Labute approximate surface area is 156 Å². The van der Waals surface area contributed by atoms with Crippen molar-refractivity contribution >= 4 is 22.9 Å². The van der Waals surface area contributed by atoms with E-state index in [1.807, 2.05) is 36.4 Å². The Morgan fingerprint density at radius 3 is 2.54 bits per heavy atom. The molecule has 0 fully saturated rings. The quantitative estimate of drug-likeness (QED) is 0.715. The molecule has 3 aromatic rings. The number of hydrogen-bond donors (Lipinski definition) is 1. The third-order valence-corrected chi connectivity index (χ3v) is 5.78. The Bertz CT molecular complexity index is 949. The Morgan fingerprint density at radius 2 is 1.81 bits per heavy atom. The van der Waals surface area contributed by atoms with Crippen LogP contribution in [0, 0.1) is 0 Å². The third-order valence-electron chi connectivity index (χ3n) is 4.69. The molecule has 0 spiro atoms. The van der Waals surface area contributed by atoms with Crippen LogP contribution < -0.4 is 14.8 Å². The average molecular weight is 365 g/mol. The van der Waals surface area contributed by atoms with Crippen molar-refractivity contribution in [3.8, 4) is 22.6 Å². The highest BCUT2D eigenvalue weighted by Gasteiger charge is 2.30. The number of rotatable bonds is 4. The lowest BCUT2D eigenvalue weighted by Crippen LogP contribution is -2.22. The fourth-order valence-corrected chi connectivity index (χ4v) is 4.56. The summed E-state index contributed by atoms with van der Waals surface area (Å²) in [4.78, 5) is 13.6. The molecule has 4 rings (SSSR count). The summed E-state index contributed by atoms with van der Waals surface area (Å²) in [7, 11) is 3.24. The minimum atomic E-state index is 0.0477. The largest absolute Gasteiger partial charge is 0.493 e. The molecule has 1 amide bonds. The second-order valence-corrected chi connectivity index (χ2v) is 7.09. The molecule has 4 nitrogen and oxygen atoms in total. The van der Waals surface area contributed by atoms with Crippen molar-refractivity contribution in [1.82, 2.24) is 0 Å². The summed E-state index contributed by atoms with van der Waals surface area (Å²) >= 11 is 1.69. The van der Waals surface area contributed by atoms with Crippen molar-refractivity contribution in [2.24, 2.45) is 0 Å². The zero-order chi connectivity index (χ0) is 18.1. The van der Waals surface area contributed by atoms with Crippen LogP contribution in [0.5, 0.6) is 11.5 Å². The van der Waals surface area contributed by atoms with Gasteiger partial charge in [-0.15, -0.1) is 11.3 Å². The molecule has 1 aliphatic rings. The Hall–Kier alpha value is -2.79. The van der Waals surface area contributed by atoms with Crippen molar-refractivity contribution in [3.05, 3.63) is 64.4 Å². The molecule has 1 aromatic heterocycles. The normalized spacial score (nSPS) is 15.9. The van der Waals surface area contributed by atoms with Crippen LogP contribution in [0.4, 0.5) is 5.69 Å². The lowest BCUT2D eigenvalue weighted by molar-refractivity contribution is -0.116. The summed E-state index contributed by atoms with van der Waals surface area (Å²) in [5, 5.41) is 5.18. The number of carbonyl (C=O) groups excluding carboxylic acids is 1. The van der Waals surface area contributed by atoms with Crippen molar-refractivity contribution in [1.29, 1.82) is 0 Å². The number of carbonyl (C=O) groups is 1. The molecular formula is C21H19NO3S. The Balaban J connectivity index is 1.80. The highest BCUT2D eigenvalue weighted by Crippen LogP contribution is 2.47. The van der Waals surface area contributed by atoms with E-state index in [0.717, 1.165) is 16.8 Å². The number of benzene rings is 2. The minimum Gasteiger partial charge on any atom is -0.493 e. The van der Waals surface area contributed by atoms with Gasteiger partial charge in [-0.05, 0) is 23.3 Å². The van der Waals surface area contributed by atoms with Gasteiger partial charge in [0, 0.05) is 28.2 Å². The molecule has 1 N–H and O–H groups in total. The average Bonchev–Trinajstić information content (AvgIpc) is 3.11. The molecular weight excluding hydrogens is 346 g/mol. The van der Waals surface area contributed by atoms with Crippen LogP contribution in [0.25, 0.3) is 11.1 Å². The van der Waals surface area contributed by atoms with Gasteiger partial charge in [-0.2, -0.15) is 0 Å². The zero-order valence-electron chi connectivity index (χ0n) is 14.6. The summed E-state index contributed by atoms with van der Waals surface area (Å²) in [6.45, 7) is 0. The molecule has 1 aliphatic heterocycles. The molecule has 26 heavy (non-hydrogen) atoms. The van der Waals surface area contributed by atoms with Crippen molar-refractivity contribution < 1.29 is 14.3 Å². The predicted octanol–water partition coefficient (Wildman–Crippen LogP) is 4.91. The van der Waals surface area contributed by atoms with Gasteiger partial charge in [0.15, 0.2) is 11.5 Å². The predicted molar refractivity (Wildman–Crippen MR) is 104 cm³/mol. The standard InChI is InChI=1S/C21H19NO3S/c1-24-17-9-8-14(10-18(17)25-2)16-12-26-21-15(11-19(23)22-20(16)21)13-6-4-3-5-7-13/h3-10,12,15H,11H2,1-2H3,(H,22,23). The van der Waals surface area contributed by atoms with Gasteiger partial charge in [0.05, 0.1) is 19.9 Å². The molecule has 0 saturated heterocycles. The Kier molecular flexibility index (Phi) is 4.39. The number of fused-ring (bicyclic) bond motifs is 1. The number of ether oxygens (including phenoxy) is 2. The smallest absolute Gasteiger partial charge is 0.225 e. The van der Waals surface area contributed by atoms with E-state index in [9.17, 15) is 4.79 Å². The van der Waals surface area contributed by atoms with Crippen LogP contribution in [-0.4, -0.2) is 20.1 Å². The van der Waals surface area contributed by atoms with Gasteiger partial charge < -0.3 is 14.8 Å². The number of nitrogens with one attached hydrogen (secondary N) is 1. The van der Waals surface area contributed by atoms with Crippen LogP contribution >= 0.6 is 11.3 Å². The van der Waals surface area contributed by atoms with Crippen LogP contribution in [0.15, 0.2) is 53.9 Å². The second-order valence-electron chi connectivity index (χ2n) is 6.17. The maximum Gasteiger partial charge on any atom is 0.225 e. The van der Waals surface area contributed by atoms with E-state index in [2.05, 4.69) is 22.8 Å². The molecule has 5 heteroatoms. The minimum absolute atomic E-state index is 0.0477. The van der Waals surface area contributed by atoms with Gasteiger partial charge in [-0.3, -0.25) is 4.79 Å². The summed E-state index contributed by atoms with van der Waals surface area (Å²) in [6.07, 6.45) is 0.475. The van der Waals surface area contributed by atoms with E-state index in [-0.39, 0.29) is 11.8 Å². The van der Waals surface area contributed by atoms with Gasteiger partial charge in [-0.25, -0.2) is 0 Å².